The highest BCUT2D eigenvalue weighted by Crippen LogP contribution is 2.23. The molecule has 0 aliphatic heterocycles. The van der Waals surface area contributed by atoms with Gasteiger partial charge in [-0.1, -0.05) is 17.7 Å². The summed E-state index contributed by atoms with van der Waals surface area (Å²) < 4.78 is 11.6. The van der Waals surface area contributed by atoms with Crippen LogP contribution in [0.15, 0.2) is 22.7 Å². The van der Waals surface area contributed by atoms with E-state index in [0.717, 1.165) is 22.6 Å². The lowest BCUT2D eigenvalue weighted by molar-refractivity contribution is 0.00488. The topological polar surface area (TPSA) is 30.5 Å². The summed E-state index contributed by atoms with van der Waals surface area (Å²) in [5.41, 5.74) is 1.18. The van der Waals surface area contributed by atoms with Crippen molar-refractivity contribution >= 4 is 27.5 Å². The number of ether oxygens (including phenoxy) is 2. The molecule has 1 atom stereocenters. The molecule has 1 N–H and O–H groups in total. The summed E-state index contributed by atoms with van der Waals surface area (Å²) in [7, 11) is 1.68. The lowest BCUT2D eigenvalue weighted by Crippen LogP contribution is -2.32. The smallest absolute Gasteiger partial charge is 0.0932 e. The van der Waals surface area contributed by atoms with E-state index in [1.54, 1.807) is 7.11 Å². The number of methoxy groups -OCH3 is 1. The van der Waals surface area contributed by atoms with Gasteiger partial charge in [-0.05, 0) is 40.5 Å². The van der Waals surface area contributed by atoms with Crippen LogP contribution in [0.2, 0.25) is 5.02 Å². The second-order valence-electron chi connectivity index (χ2n) is 3.91. The van der Waals surface area contributed by atoms with Gasteiger partial charge in [-0.3, -0.25) is 0 Å². The molecule has 0 heterocycles. The van der Waals surface area contributed by atoms with Gasteiger partial charge in [-0.25, -0.2) is 0 Å². The van der Waals surface area contributed by atoms with Gasteiger partial charge in [0.2, 0.25) is 0 Å². The zero-order valence-corrected chi connectivity index (χ0v) is 13.1. The SMILES string of the molecule is CCOC(CNCc1ccc(Cl)c(Br)c1)COC. The van der Waals surface area contributed by atoms with Gasteiger partial charge in [0.25, 0.3) is 0 Å². The van der Waals surface area contributed by atoms with Crippen molar-refractivity contribution in [2.45, 2.75) is 19.6 Å². The Kier molecular flexibility index (Phi) is 7.86. The van der Waals surface area contributed by atoms with E-state index in [2.05, 4.69) is 21.2 Å². The molecule has 0 saturated heterocycles. The third-order valence-electron chi connectivity index (χ3n) is 2.44. The first-order chi connectivity index (χ1) is 8.67. The molecule has 0 aliphatic carbocycles. The fourth-order valence-corrected chi connectivity index (χ4v) is 2.16. The Bertz CT molecular complexity index is 357. The van der Waals surface area contributed by atoms with Crippen LogP contribution in [0.3, 0.4) is 0 Å². The maximum absolute atomic E-state index is 5.94. The molecule has 0 aromatic heterocycles. The number of rotatable bonds is 8. The third kappa shape index (κ3) is 5.67. The van der Waals surface area contributed by atoms with Crippen molar-refractivity contribution in [3.8, 4) is 0 Å². The first kappa shape index (κ1) is 15.9. The molecular weight excluding hydrogens is 318 g/mol. The van der Waals surface area contributed by atoms with Crippen LogP contribution in [-0.4, -0.2) is 33.0 Å². The van der Waals surface area contributed by atoms with Gasteiger partial charge < -0.3 is 14.8 Å². The van der Waals surface area contributed by atoms with Gasteiger partial charge in [0.1, 0.15) is 0 Å². The predicted octanol–water partition coefficient (Wildman–Crippen LogP) is 3.24. The summed E-state index contributed by atoms with van der Waals surface area (Å²) >= 11 is 9.36. The Morgan fingerprint density at radius 2 is 2.22 bits per heavy atom. The van der Waals surface area contributed by atoms with Gasteiger partial charge in [0.05, 0.1) is 17.7 Å². The number of hydrogen-bond donors (Lipinski definition) is 1. The average Bonchev–Trinajstić information content (AvgIpc) is 2.34. The van der Waals surface area contributed by atoms with Crippen molar-refractivity contribution in [1.82, 2.24) is 5.32 Å². The highest BCUT2D eigenvalue weighted by molar-refractivity contribution is 9.10. The van der Waals surface area contributed by atoms with Gasteiger partial charge in [-0.15, -0.1) is 0 Å². The van der Waals surface area contributed by atoms with Gasteiger partial charge in [-0.2, -0.15) is 0 Å². The van der Waals surface area contributed by atoms with Crippen molar-refractivity contribution in [3.05, 3.63) is 33.3 Å². The fraction of sp³-hybridized carbons (Fsp3) is 0.538. The number of nitrogens with one attached hydrogen (secondary N) is 1. The van der Waals surface area contributed by atoms with Gasteiger partial charge >= 0.3 is 0 Å². The van der Waals surface area contributed by atoms with Crippen molar-refractivity contribution < 1.29 is 9.47 Å². The first-order valence-electron chi connectivity index (χ1n) is 5.92. The Morgan fingerprint density at radius 1 is 1.44 bits per heavy atom. The summed E-state index contributed by atoms with van der Waals surface area (Å²) in [6.07, 6.45) is 0.0933. The van der Waals surface area contributed by atoms with Crippen LogP contribution in [0.4, 0.5) is 0 Å². The number of benzene rings is 1. The Labute approximate surface area is 122 Å². The molecule has 0 bridgehead atoms. The second kappa shape index (κ2) is 8.88. The summed E-state index contributed by atoms with van der Waals surface area (Å²) in [4.78, 5) is 0. The van der Waals surface area contributed by atoms with E-state index >= 15 is 0 Å². The largest absolute Gasteiger partial charge is 0.382 e. The quantitative estimate of drug-likeness (QED) is 0.790. The molecule has 0 amide bonds. The summed E-state index contributed by atoms with van der Waals surface area (Å²) in [5, 5.41) is 4.08. The molecule has 0 aliphatic rings. The lowest BCUT2D eigenvalue weighted by Gasteiger charge is -2.16. The highest BCUT2D eigenvalue weighted by Gasteiger charge is 2.07. The van der Waals surface area contributed by atoms with Crippen molar-refractivity contribution in [2.75, 3.05) is 26.9 Å². The molecule has 102 valence electrons. The highest BCUT2D eigenvalue weighted by atomic mass is 79.9. The van der Waals surface area contributed by atoms with Gasteiger partial charge in [0.15, 0.2) is 0 Å². The van der Waals surface area contributed by atoms with Crippen LogP contribution < -0.4 is 5.32 Å². The molecule has 0 spiro atoms. The minimum absolute atomic E-state index is 0.0933. The van der Waals surface area contributed by atoms with Crippen molar-refractivity contribution in [1.29, 1.82) is 0 Å². The van der Waals surface area contributed by atoms with Crippen LogP contribution in [-0.2, 0) is 16.0 Å². The van der Waals surface area contributed by atoms with E-state index in [4.69, 9.17) is 21.1 Å². The van der Waals surface area contributed by atoms with E-state index in [1.807, 2.05) is 25.1 Å². The molecule has 1 aromatic rings. The summed E-state index contributed by atoms with van der Waals surface area (Å²) in [5.74, 6) is 0. The third-order valence-corrected chi connectivity index (χ3v) is 3.65. The zero-order chi connectivity index (χ0) is 13.4. The van der Waals surface area contributed by atoms with Crippen LogP contribution in [0, 0.1) is 0 Å². The van der Waals surface area contributed by atoms with Crippen molar-refractivity contribution in [3.63, 3.8) is 0 Å². The van der Waals surface area contributed by atoms with E-state index in [1.165, 1.54) is 5.56 Å². The zero-order valence-electron chi connectivity index (χ0n) is 10.7. The molecule has 0 fully saturated rings. The first-order valence-corrected chi connectivity index (χ1v) is 7.09. The average molecular weight is 337 g/mol. The summed E-state index contributed by atoms with van der Waals surface area (Å²) in [6.45, 7) is 4.83. The molecule has 1 unspecified atom stereocenters. The monoisotopic (exact) mass is 335 g/mol. The minimum atomic E-state index is 0.0933. The summed E-state index contributed by atoms with van der Waals surface area (Å²) in [6, 6.07) is 5.91. The van der Waals surface area contributed by atoms with Crippen molar-refractivity contribution in [2.24, 2.45) is 0 Å². The standard InChI is InChI=1S/C13H19BrClNO2/c1-3-18-11(9-17-2)8-16-7-10-4-5-13(15)12(14)6-10/h4-6,11,16H,3,7-9H2,1-2H3. The Hall–Kier alpha value is -0.130. The maximum atomic E-state index is 5.94. The molecule has 0 saturated carbocycles. The molecule has 1 rings (SSSR count). The Balaban J connectivity index is 2.37. The molecule has 5 heteroatoms. The van der Waals surface area contributed by atoms with E-state index in [-0.39, 0.29) is 6.10 Å². The van der Waals surface area contributed by atoms with Gasteiger partial charge in [0, 0.05) is 31.3 Å². The van der Waals surface area contributed by atoms with E-state index in [9.17, 15) is 0 Å². The normalized spacial score (nSPS) is 12.7. The Morgan fingerprint density at radius 3 is 2.83 bits per heavy atom. The molecule has 1 aromatic carbocycles. The minimum Gasteiger partial charge on any atom is -0.382 e. The fourth-order valence-electron chi connectivity index (χ4n) is 1.61. The number of halogens is 2. The number of hydrogen-bond acceptors (Lipinski definition) is 3. The molecular formula is C13H19BrClNO2. The van der Waals surface area contributed by atoms with Crippen LogP contribution in [0.1, 0.15) is 12.5 Å². The van der Waals surface area contributed by atoms with E-state index < -0.39 is 0 Å². The van der Waals surface area contributed by atoms with Crippen LogP contribution in [0.5, 0.6) is 0 Å². The van der Waals surface area contributed by atoms with E-state index in [0.29, 0.717) is 13.2 Å². The maximum Gasteiger partial charge on any atom is 0.0932 e. The molecule has 3 nitrogen and oxygen atoms in total. The molecule has 18 heavy (non-hydrogen) atoms. The lowest BCUT2D eigenvalue weighted by atomic mass is 10.2. The van der Waals surface area contributed by atoms with Crippen LogP contribution >= 0.6 is 27.5 Å². The molecule has 0 radical (unpaired) electrons. The second-order valence-corrected chi connectivity index (χ2v) is 5.17. The predicted molar refractivity (Wildman–Crippen MR) is 78.1 cm³/mol. The van der Waals surface area contributed by atoms with Crippen LogP contribution in [0.25, 0.3) is 0 Å².